The minimum Gasteiger partial charge on any atom is -0.369 e. The molecule has 7 nitrogen and oxygen atoms in total. The molecule has 170 valence electrons. The Hall–Kier alpha value is -3.50. The number of hydrogen-bond donors (Lipinski definition) is 2. The smallest absolute Gasteiger partial charge is 0.369 e. The van der Waals surface area contributed by atoms with Crippen LogP contribution in [-0.4, -0.2) is 34.7 Å². The van der Waals surface area contributed by atoms with E-state index in [9.17, 15) is 27.2 Å². The summed E-state index contributed by atoms with van der Waals surface area (Å²) in [6, 6.07) is 5.37. The van der Waals surface area contributed by atoms with Crippen molar-refractivity contribution in [2.24, 2.45) is 16.1 Å². The topological polar surface area (TPSA) is 101 Å². The zero-order valence-electron chi connectivity index (χ0n) is 17.7. The van der Waals surface area contributed by atoms with Crippen molar-refractivity contribution in [3.8, 4) is 0 Å². The number of nitrogens with one attached hydrogen (secondary N) is 1. The van der Waals surface area contributed by atoms with Crippen molar-refractivity contribution in [1.29, 1.82) is 0 Å². The molecule has 2 amide bonds. The average molecular weight is 451 g/mol. The van der Waals surface area contributed by atoms with Crippen LogP contribution in [0.15, 0.2) is 41.5 Å². The van der Waals surface area contributed by atoms with E-state index in [1.54, 1.807) is 20.8 Å². The van der Waals surface area contributed by atoms with Crippen LogP contribution in [0.2, 0.25) is 0 Å². The summed E-state index contributed by atoms with van der Waals surface area (Å²) in [4.78, 5) is 34.3. The van der Waals surface area contributed by atoms with E-state index in [4.69, 9.17) is 5.73 Å². The molecule has 0 fully saturated rings. The molecule has 11 heteroatoms. The molecule has 0 bridgehead atoms. The summed E-state index contributed by atoms with van der Waals surface area (Å²) in [5.41, 5.74) is 2.21. The molecule has 3 N–H and O–H groups in total. The fraction of sp³-hybridized carbons (Fsp3) is 0.333. The maximum absolute atomic E-state index is 14.8. The van der Waals surface area contributed by atoms with E-state index >= 15 is 0 Å². The second kappa shape index (κ2) is 7.57. The number of benzene rings is 1. The zero-order chi connectivity index (χ0) is 24.1. The highest BCUT2D eigenvalue weighted by Crippen LogP contribution is 2.47. The van der Waals surface area contributed by atoms with E-state index < -0.39 is 34.4 Å². The Morgan fingerprint density at radius 3 is 2.38 bits per heavy atom. The van der Waals surface area contributed by atoms with Crippen molar-refractivity contribution in [2.75, 3.05) is 12.4 Å². The summed E-state index contributed by atoms with van der Waals surface area (Å²) < 4.78 is 52.9. The lowest BCUT2D eigenvalue weighted by Gasteiger charge is -2.46. The summed E-state index contributed by atoms with van der Waals surface area (Å²) in [6.07, 6.45) is -4.03. The number of amides is 2. The molecule has 0 spiro atoms. The van der Waals surface area contributed by atoms with Crippen LogP contribution in [0.3, 0.4) is 0 Å². The normalized spacial score (nSPS) is 20.7. The van der Waals surface area contributed by atoms with E-state index in [1.807, 2.05) is 0 Å². The van der Waals surface area contributed by atoms with Gasteiger partial charge in [0, 0.05) is 24.5 Å². The molecule has 0 radical (unpaired) electrons. The molecule has 0 unspecified atom stereocenters. The highest BCUT2D eigenvalue weighted by Gasteiger charge is 2.53. The second-order valence-electron chi connectivity index (χ2n) is 8.11. The number of nitrogens with two attached hydrogens (primary N) is 1. The Morgan fingerprint density at radius 1 is 1.16 bits per heavy atom. The fourth-order valence-electron chi connectivity index (χ4n) is 3.44. The summed E-state index contributed by atoms with van der Waals surface area (Å²) in [6.45, 7) is 4.78. The van der Waals surface area contributed by atoms with Gasteiger partial charge in [-0.15, -0.1) is 0 Å². The molecule has 32 heavy (non-hydrogen) atoms. The lowest BCUT2D eigenvalue weighted by Crippen LogP contribution is -2.58. The Balaban J connectivity index is 1.96. The Bertz CT molecular complexity index is 1110. The molecule has 1 aromatic carbocycles. The summed E-state index contributed by atoms with van der Waals surface area (Å²) in [5, 5.41) is 2.47. The van der Waals surface area contributed by atoms with Crippen LogP contribution in [0, 0.1) is 11.2 Å². The van der Waals surface area contributed by atoms with Crippen molar-refractivity contribution in [1.82, 2.24) is 9.88 Å². The molecule has 0 saturated carbocycles. The molecule has 1 aliphatic rings. The van der Waals surface area contributed by atoms with Crippen LogP contribution in [0.1, 0.15) is 42.4 Å². The van der Waals surface area contributed by atoms with E-state index in [0.717, 1.165) is 18.2 Å². The van der Waals surface area contributed by atoms with Gasteiger partial charge >= 0.3 is 6.18 Å². The fourth-order valence-corrected chi connectivity index (χ4v) is 3.44. The SMILES string of the molecule is CN1C(=O)C(C)(C)[C@@](C)(c2cc(NC(=O)c3ccc(C(F)(F)F)cn3)ccc2F)N=C1N. The first kappa shape index (κ1) is 23.2. The summed E-state index contributed by atoms with van der Waals surface area (Å²) in [7, 11) is 1.46. The monoisotopic (exact) mass is 451 g/mol. The first-order chi connectivity index (χ1) is 14.7. The number of carbonyl (C=O) groups is 2. The van der Waals surface area contributed by atoms with E-state index in [-0.39, 0.29) is 28.8 Å². The number of guanidine groups is 1. The van der Waals surface area contributed by atoms with Crippen molar-refractivity contribution in [3.05, 3.63) is 59.2 Å². The molecular formula is C21H21F4N5O2. The van der Waals surface area contributed by atoms with Crippen LogP contribution < -0.4 is 11.1 Å². The standard InChI is InChI=1S/C21H21F4N5O2/c1-19(2)17(32)30(4)18(26)29-20(19,3)13-9-12(6-7-14(13)22)28-16(31)15-8-5-11(10-27-15)21(23,24)25/h5-10H,1-4H3,(H2,26,29)(H,28,31)/t20-/m1/s1. The number of nitrogens with zero attached hydrogens (tertiary/aromatic N) is 3. The Labute approximate surface area is 181 Å². The number of alkyl halides is 3. The maximum Gasteiger partial charge on any atom is 0.417 e. The lowest BCUT2D eigenvalue weighted by atomic mass is 9.67. The molecule has 1 atom stereocenters. The molecule has 0 saturated heterocycles. The first-order valence-electron chi connectivity index (χ1n) is 9.46. The highest BCUT2D eigenvalue weighted by molar-refractivity contribution is 6.03. The number of anilines is 1. The third-order valence-corrected chi connectivity index (χ3v) is 5.81. The molecule has 1 aromatic heterocycles. The molecule has 2 heterocycles. The van der Waals surface area contributed by atoms with Gasteiger partial charge in [-0.2, -0.15) is 13.2 Å². The Morgan fingerprint density at radius 2 is 1.81 bits per heavy atom. The number of pyridine rings is 1. The van der Waals surface area contributed by atoms with Crippen molar-refractivity contribution < 1.29 is 27.2 Å². The first-order valence-corrected chi connectivity index (χ1v) is 9.46. The van der Waals surface area contributed by atoms with E-state index in [1.165, 1.54) is 24.1 Å². The number of halogens is 4. The third kappa shape index (κ3) is 3.78. The van der Waals surface area contributed by atoms with E-state index in [0.29, 0.717) is 6.20 Å². The third-order valence-electron chi connectivity index (χ3n) is 5.81. The van der Waals surface area contributed by atoms with Gasteiger partial charge in [-0.05, 0) is 51.1 Å². The predicted octanol–water partition coefficient (Wildman–Crippen LogP) is 3.52. The largest absolute Gasteiger partial charge is 0.417 e. The van der Waals surface area contributed by atoms with Gasteiger partial charge in [-0.25, -0.2) is 9.38 Å². The number of carbonyl (C=O) groups excluding carboxylic acids is 2. The van der Waals surface area contributed by atoms with Crippen LogP contribution in [-0.2, 0) is 16.5 Å². The zero-order valence-corrected chi connectivity index (χ0v) is 17.7. The van der Waals surface area contributed by atoms with Gasteiger partial charge in [0.05, 0.1) is 11.0 Å². The van der Waals surface area contributed by atoms with Gasteiger partial charge in [-0.3, -0.25) is 19.5 Å². The Kier molecular flexibility index (Phi) is 5.48. The van der Waals surface area contributed by atoms with Crippen molar-refractivity contribution >= 4 is 23.5 Å². The summed E-state index contributed by atoms with van der Waals surface area (Å²) >= 11 is 0. The van der Waals surface area contributed by atoms with Gasteiger partial charge in [0.25, 0.3) is 5.91 Å². The van der Waals surface area contributed by atoms with Gasteiger partial charge in [0.15, 0.2) is 5.96 Å². The van der Waals surface area contributed by atoms with Gasteiger partial charge in [0.1, 0.15) is 17.1 Å². The number of aromatic nitrogens is 1. The van der Waals surface area contributed by atoms with Crippen LogP contribution in [0.5, 0.6) is 0 Å². The molecule has 2 aromatic rings. The number of hydrogen-bond acceptors (Lipinski definition) is 5. The molecule has 1 aliphatic heterocycles. The molecular weight excluding hydrogens is 430 g/mol. The maximum atomic E-state index is 14.8. The van der Waals surface area contributed by atoms with Crippen molar-refractivity contribution in [3.63, 3.8) is 0 Å². The van der Waals surface area contributed by atoms with Crippen LogP contribution in [0.4, 0.5) is 23.2 Å². The summed E-state index contributed by atoms with van der Waals surface area (Å²) in [5.74, 6) is -1.90. The second-order valence-corrected chi connectivity index (χ2v) is 8.11. The minimum atomic E-state index is -4.58. The van der Waals surface area contributed by atoms with Gasteiger partial charge in [-0.1, -0.05) is 0 Å². The number of aliphatic imine (C=N–C) groups is 1. The van der Waals surface area contributed by atoms with E-state index in [2.05, 4.69) is 15.3 Å². The van der Waals surface area contributed by atoms with Crippen LogP contribution >= 0.6 is 0 Å². The highest BCUT2D eigenvalue weighted by atomic mass is 19.4. The van der Waals surface area contributed by atoms with Gasteiger partial charge in [0.2, 0.25) is 5.91 Å². The van der Waals surface area contributed by atoms with Crippen molar-refractivity contribution in [2.45, 2.75) is 32.5 Å². The van der Waals surface area contributed by atoms with Gasteiger partial charge < -0.3 is 11.1 Å². The van der Waals surface area contributed by atoms with Crippen LogP contribution in [0.25, 0.3) is 0 Å². The minimum absolute atomic E-state index is 0.0186. The lowest BCUT2D eigenvalue weighted by molar-refractivity contribution is -0.140. The predicted molar refractivity (Wildman–Crippen MR) is 109 cm³/mol. The number of rotatable bonds is 3. The quantitative estimate of drug-likeness (QED) is 0.698. The molecule has 0 aliphatic carbocycles. The average Bonchev–Trinajstić information content (AvgIpc) is 2.72. The molecule has 3 rings (SSSR count).